The Morgan fingerprint density at radius 1 is 0.607 bits per heavy atom. The van der Waals surface area contributed by atoms with E-state index in [1.54, 1.807) is 0 Å². The van der Waals surface area contributed by atoms with Crippen LogP contribution in [0, 0.1) is 0 Å². The SMILES string of the molecule is O=C(OB(OC(=O)c1cccnn1)OC(=O)c1cccnn1)c1cccnn1. The minimum atomic E-state index is -2.04. The zero-order valence-corrected chi connectivity index (χ0v) is 13.9. The second kappa shape index (κ2) is 8.89. The van der Waals surface area contributed by atoms with E-state index >= 15 is 0 Å². The largest absolute Gasteiger partial charge is 0.870 e. The first-order chi connectivity index (χ1) is 13.6. The van der Waals surface area contributed by atoms with Gasteiger partial charge in [0.2, 0.25) is 0 Å². The van der Waals surface area contributed by atoms with Crippen LogP contribution >= 0.6 is 0 Å². The summed E-state index contributed by atoms with van der Waals surface area (Å²) in [5.41, 5.74) is -0.587. The molecular weight excluding hydrogens is 371 g/mol. The Hall–Kier alpha value is -4.29. The van der Waals surface area contributed by atoms with E-state index in [9.17, 15) is 14.4 Å². The van der Waals surface area contributed by atoms with Gasteiger partial charge < -0.3 is 14.0 Å². The molecule has 0 saturated heterocycles. The van der Waals surface area contributed by atoms with Crippen molar-refractivity contribution in [2.45, 2.75) is 0 Å². The predicted octanol–water partition coefficient (Wildman–Crippen LogP) is -0.0877. The van der Waals surface area contributed by atoms with Crippen LogP contribution in [0.1, 0.15) is 31.5 Å². The average Bonchev–Trinajstić information content (AvgIpc) is 2.75. The monoisotopic (exact) mass is 380 g/mol. The highest BCUT2D eigenvalue weighted by molar-refractivity contribution is 6.45. The molecule has 12 nitrogen and oxygen atoms in total. The van der Waals surface area contributed by atoms with Crippen molar-refractivity contribution in [3.63, 3.8) is 0 Å². The van der Waals surface area contributed by atoms with Crippen LogP contribution in [0.2, 0.25) is 0 Å². The number of carbonyl (C=O) groups is 3. The Morgan fingerprint density at radius 2 is 0.929 bits per heavy atom. The predicted molar refractivity (Wildman–Crippen MR) is 88.1 cm³/mol. The molecule has 0 aliphatic carbocycles. The third-order valence-corrected chi connectivity index (χ3v) is 2.95. The summed E-state index contributed by atoms with van der Waals surface area (Å²) in [7, 11) is -2.04. The fraction of sp³-hybridized carbons (Fsp3) is 0. The van der Waals surface area contributed by atoms with Crippen molar-refractivity contribution >= 4 is 25.2 Å². The summed E-state index contributed by atoms with van der Waals surface area (Å²) in [6, 6.07) is 8.24. The molecule has 0 aromatic carbocycles. The van der Waals surface area contributed by atoms with Gasteiger partial charge in [0.25, 0.3) is 0 Å². The Kier molecular flexibility index (Phi) is 5.87. The van der Waals surface area contributed by atoms with Crippen LogP contribution in [0.3, 0.4) is 0 Å². The van der Waals surface area contributed by atoms with Gasteiger partial charge in [-0.15, -0.1) is 15.3 Å². The van der Waals surface area contributed by atoms with Gasteiger partial charge in [-0.2, -0.15) is 15.3 Å². The molecule has 3 aromatic heterocycles. The van der Waals surface area contributed by atoms with Crippen molar-refractivity contribution in [3.05, 3.63) is 72.1 Å². The zero-order chi connectivity index (χ0) is 19.8. The number of carbonyl (C=O) groups excluding carboxylic acids is 3. The molecule has 0 spiro atoms. The van der Waals surface area contributed by atoms with E-state index in [-0.39, 0.29) is 17.1 Å². The first-order valence-electron chi connectivity index (χ1n) is 7.59. The zero-order valence-electron chi connectivity index (χ0n) is 13.9. The van der Waals surface area contributed by atoms with E-state index in [4.69, 9.17) is 14.0 Å². The first-order valence-corrected chi connectivity index (χ1v) is 7.59. The fourth-order valence-corrected chi connectivity index (χ4v) is 1.75. The summed E-state index contributed by atoms with van der Waals surface area (Å²) >= 11 is 0. The van der Waals surface area contributed by atoms with E-state index < -0.39 is 25.2 Å². The van der Waals surface area contributed by atoms with Crippen LogP contribution in [0.25, 0.3) is 0 Å². The van der Waals surface area contributed by atoms with Crippen molar-refractivity contribution in [1.82, 2.24) is 30.6 Å². The number of rotatable bonds is 6. The Balaban J connectivity index is 1.76. The molecule has 0 bridgehead atoms. The van der Waals surface area contributed by atoms with Gasteiger partial charge in [0.15, 0.2) is 17.1 Å². The van der Waals surface area contributed by atoms with Crippen LogP contribution in [0.4, 0.5) is 0 Å². The summed E-state index contributed by atoms with van der Waals surface area (Å²) < 4.78 is 14.7. The number of nitrogens with zero attached hydrogens (tertiary/aromatic N) is 6. The highest BCUT2D eigenvalue weighted by atomic mass is 16.8. The molecule has 3 rings (SSSR count). The number of hydrogen-bond acceptors (Lipinski definition) is 12. The highest BCUT2D eigenvalue weighted by Gasteiger charge is 2.38. The van der Waals surface area contributed by atoms with Crippen LogP contribution in [-0.4, -0.2) is 55.8 Å². The maximum atomic E-state index is 12.1. The molecule has 0 radical (unpaired) electrons. The van der Waals surface area contributed by atoms with Crippen molar-refractivity contribution in [3.8, 4) is 0 Å². The molecule has 28 heavy (non-hydrogen) atoms. The second-order valence-corrected chi connectivity index (χ2v) is 4.83. The molecule has 0 unspecified atom stereocenters. The average molecular weight is 380 g/mol. The normalized spacial score (nSPS) is 9.86. The maximum Gasteiger partial charge on any atom is 0.870 e. The van der Waals surface area contributed by atoms with Crippen molar-refractivity contribution < 1.29 is 28.3 Å². The summed E-state index contributed by atoms with van der Waals surface area (Å²) in [4.78, 5) is 36.4. The maximum absolute atomic E-state index is 12.1. The smallest absolute Gasteiger partial charge is 0.457 e. The Morgan fingerprint density at radius 3 is 1.18 bits per heavy atom. The van der Waals surface area contributed by atoms with E-state index in [1.165, 1.54) is 55.0 Å². The van der Waals surface area contributed by atoms with Crippen molar-refractivity contribution in [2.75, 3.05) is 0 Å². The second-order valence-electron chi connectivity index (χ2n) is 4.83. The minimum absolute atomic E-state index is 0.196. The molecule has 0 aliphatic heterocycles. The molecule has 0 amide bonds. The van der Waals surface area contributed by atoms with E-state index in [1.807, 2.05) is 0 Å². The van der Waals surface area contributed by atoms with Crippen molar-refractivity contribution in [1.29, 1.82) is 0 Å². The van der Waals surface area contributed by atoms with Gasteiger partial charge in [-0.1, -0.05) is 0 Å². The standard InChI is InChI=1S/C15H9BN6O6/c23-13(10-4-1-7-17-20-10)26-16(27-14(24)11-5-2-8-18-21-11)28-15(25)12-6-3-9-19-22-12/h1-9H. The van der Waals surface area contributed by atoms with Gasteiger partial charge in [-0.3, -0.25) is 0 Å². The molecule has 13 heteroatoms. The Bertz CT molecular complexity index is 835. The minimum Gasteiger partial charge on any atom is -0.457 e. The molecule has 0 N–H and O–H groups in total. The summed E-state index contributed by atoms with van der Waals surface area (Å²) in [6.07, 6.45) is 4.03. The van der Waals surface area contributed by atoms with Gasteiger partial charge in [0.05, 0.1) is 0 Å². The van der Waals surface area contributed by atoms with E-state index in [2.05, 4.69) is 30.6 Å². The fourth-order valence-electron chi connectivity index (χ4n) is 1.75. The number of hydrogen-bond donors (Lipinski definition) is 0. The van der Waals surface area contributed by atoms with Crippen molar-refractivity contribution in [2.24, 2.45) is 0 Å². The van der Waals surface area contributed by atoms with E-state index in [0.29, 0.717) is 0 Å². The van der Waals surface area contributed by atoms with Crippen LogP contribution in [0.5, 0.6) is 0 Å². The van der Waals surface area contributed by atoms with Gasteiger partial charge in [0, 0.05) is 18.6 Å². The van der Waals surface area contributed by atoms with Crippen LogP contribution in [0.15, 0.2) is 55.0 Å². The highest BCUT2D eigenvalue weighted by Crippen LogP contribution is 2.06. The molecule has 138 valence electrons. The lowest BCUT2D eigenvalue weighted by molar-refractivity contribution is 0.0401. The van der Waals surface area contributed by atoms with E-state index in [0.717, 1.165) is 0 Å². The summed E-state index contributed by atoms with van der Waals surface area (Å²) in [5, 5.41) is 21.3. The molecule has 0 saturated carbocycles. The lowest BCUT2D eigenvalue weighted by Gasteiger charge is -2.12. The summed E-state index contributed by atoms with van der Waals surface area (Å²) in [5.74, 6) is -3.13. The van der Waals surface area contributed by atoms with Gasteiger partial charge in [0.1, 0.15) is 0 Å². The first kappa shape index (κ1) is 18.5. The molecular formula is C15H9BN6O6. The van der Waals surface area contributed by atoms with Gasteiger partial charge in [-0.05, 0) is 36.4 Å². The third-order valence-electron chi connectivity index (χ3n) is 2.95. The molecule has 3 aromatic rings. The van der Waals surface area contributed by atoms with Gasteiger partial charge in [-0.25, -0.2) is 14.4 Å². The van der Waals surface area contributed by atoms with Gasteiger partial charge >= 0.3 is 25.2 Å². The molecule has 0 fully saturated rings. The third kappa shape index (κ3) is 4.88. The quantitative estimate of drug-likeness (QED) is 0.525. The molecule has 0 aliphatic rings. The van der Waals surface area contributed by atoms with Crippen LogP contribution < -0.4 is 0 Å². The Labute approximate surface area is 157 Å². The lowest BCUT2D eigenvalue weighted by atomic mass is 10.2. The summed E-state index contributed by atoms with van der Waals surface area (Å²) in [6.45, 7) is 0. The lowest BCUT2D eigenvalue weighted by Crippen LogP contribution is -2.35. The molecule has 0 atom stereocenters. The van der Waals surface area contributed by atoms with Crippen LogP contribution in [-0.2, 0) is 14.0 Å². The topological polar surface area (TPSA) is 156 Å². The number of aromatic nitrogens is 6. The molecule has 3 heterocycles.